The number of fused-ring (bicyclic) bond motifs is 2. The Balaban J connectivity index is 1.54. The second kappa shape index (κ2) is 6.73. The molecule has 1 aliphatic rings. The fourth-order valence-electron chi connectivity index (χ4n) is 4.02. The molecule has 0 aliphatic carbocycles. The SMILES string of the molecule is Nc1nc(N)c2cnn([C@@H]3Cc4ccccc4N(Cc4ccc(F)cc4)C3)c2n1. The Morgan fingerprint density at radius 3 is 2.66 bits per heavy atom. The van der Waals surface area contributed by atoms with Gasteiger partial charge in [0.1, 0.15) is 11.6 Å². The van der Waals surface area contributed by atoms with Crippen molar-refractivity contribution < 1.29 is 4.39 Å². The Morgan fingerprint density at radius 2 is 1.83 bits per heavy atom. The number of benzene rings is 2. The van der Waals surface area contributed by atoms with E-state index in [1.165, 1.54) is 23.4 Å². The smallest absolute Gasteiger partial charge is 0.224 e. The van der Waals surface area contributed by atoms with Gasteiger partial charge in [0.15, 0.2) is 5.65 Å². The van der Waals surface area contributed by atoms with Gasteiger partial charge in [-0.25, -0.2) is 9.07 Å². The molecule has 1 aliphatic heterocycles. The zero-order valence-corrected chi connectivity index (χ0v) is 15.7. The van der Waals surface area contributed by atoms with Crippen molar-refractivity contribution in [3.8, 4) is 0 Å². The maximum Gasteiger partial charge on any atom is 0.224 e. The summed E-state index contributed by atoms with van der Waals surface area (Å²) in [6.07, 6.45) is 2.51. The van der Waals surface area contributed by atoms with Crippen molar-refractivity contribution in [2.45, 2.75) is 19.0 Å². The molecule has 146 valence electrons. The van der Waals surface area contributed by atoms with Crippen LogP contribution in [-0.2, 0) is 13.0 Å². The van der Waals surface area contributed by atoms with Crippen molar-refractivity contribution in [1.29, 1.82) is 0 Å². The van der Waals surface area contributed by atoms with Crippen LogP contribution in [0.5, 0.6) is 0 Å². The Kier molecular flexibility index (Phi) is 4.04. The van der Waals surface area contributed by atoms with E-state index >= 15 is 0 Å². The topological polar surface area (TPSA) is 98.9 Å². The lowest BCUT2D eigenvalue weighted by Crippen LogP contribution is -2.36. The summed E-state index contributed by atoms with van der Waals surface area (Å²) >= 11 is 0. The number of nitrogens with zero attached hydrogens (tertiary/aromatic N) is 5. The van der Waals surface area contributed by atoms with Gasteiger partial charge in [0, 0.05) is 18.8 Å². The normalized spacial score (nSPS) is 16.2. The van der Waals surface area contributed by atoms with Gasteiger partial charge in [-0.3, -0.25) is 0 Å². The van der Waals surface area contributed by atoms with E-state index in [9.17, 15) is 4.39 Å². The van der Waals surface area contributed by atoms with Crippen LogP contribution >= 0.6 is 0 Å². The van der Waals surface area contributed by atoms with E-state index in [-0.39, 0.29) is 17.8 Å². The number of rotatable bonds is 3. The van der Waals surface area contributed by atoms with E-state index in [2.05, 4.69) is 32.1 Å². The summed E-state index contributed by atoms with van der Waals surface area (Å²) in [4.78, 5) is 10.7. The first kappa shape index (κ1) is 17.4. The largest absolute Gasteiger partial charge is 0.383 e. The fraction of sp³-hybridized carbons (Fsp3) is 0.190. The minimum atomic E-state index is -0.233. The molecule has 3 heterocycles. The number of aromatic nitrogens is 4. The Bertz CT molecular complexity index is 1190. The highest BCUT2D eigenvalue weighted by Crippen LogP contribution is 2.34. The molecule has 0 unspecified atom stereocenters. The van der Waals surface area contributed by atoms with Crippen LogP contribution in [0.3, 0.4) is 0 Å². The Labute approximate surface area is 166 Å². The summed E-state index contributed by atoms with van der Waals surface area (Å²) in [5, 5.41) is 5.25. The summed E-state index contributed by atoms with van der Waals surface area (Å²) in [7, 11) is 0. The first-order valence-corrected chi connectivity index (χ1v) is 9.42. The number of nitrogens with two attached hydrogens (primary N) is 2. The molecule has 0 fully saturated rings. The van der Waals surface area contributed by atoms with Gasteiger partial charge in [0.05, 0.1) is 17.6 Å². The molecule has 29 heavy (non-hydrogen) atoms. The van der Waals surface area contributed by atoms with Crippen LogP contribution in [0.2, 0.25) is 0 Å². The summed E-state index contributed by atoms with van der Waals surface area (Å²) in [5.41, 5.74) is 15.9. The van der Waals surface area contributed by atoms with Crippen molar-refractivity contribution in [2.75, 3.05) is 22.9 Å². The summed E-state index contributed by atoms with van der Waals surface area (Å²) in [6.45, 7) is 1.40. The highest BCUT2D eigenvalue weighted by Gasteiger charge is 2.28. The minimum Gasteiger partial charge on any atom is -0.383 e. The van der Waals surface area contributed by atoms with Crippen LogP contribution in [-0.4, -0.2) is 26.3 Å². The molecule has 0 radical (unpaired) electrons. The van der Waals surface area contributed by atoms with E-state index in [4.69, 9.17) is 11.5 Å². The van der Waals surface area contributed by atoms with Gasteiger partial charge in [-0.15, -0.1) is 0 Å². The Morgan fingerprint density at radius 1 is 1.03 bits per heavy atom. The lowest BCUT2D eigenvalue weighted by Gasteiger charge is -2.36. The van der Waals surface area contributed by atoms with Crippen molar-refractivity contribution in [3.63, 3.8) is 0 Å². The summed E-state index contributed by atoms with van der Waals surface area (Å²) in [6, 6.07) is 15.0. The Hall–Kier alpha value is -3.68. The molecule has 1 atom stereocenters. The van der Waals surface area contributed by atoms with Crippen molar-refractivity contribution >= 4 is 28.5 Å². The quantitative estimate of drug-likeness (QED) is 0.559. The van der Waals surface area contributed by atoms with Crippen LogP contribution in [0, 0.1) is 5.82 Å². The molecule has 0 saturated heterocycles. The van der Waals surface area contributed by atoms with Gasteiger partial charge in [-0.05, 0) is 35.7 Å². The van der Waals surface area contributed by atoms with E-state index in [1.807, 2.05) is 28.9 Å². The van der Waals surface area contributed by atoms with E-state index in [0.29, 0.717) is 23.4 Å². The second-order valence-electron chi connectivity index (χ2n) is 7.29. The average molecular weight is 389 g/mol. The van der Waals surface area contributed by atoms with E-state index < -0.39 is 0 Å². The van der Waals surface area contributed by atoms with Gasteiger partial charge in [0.25, 0.3) is 0 Å². The molecule has 0 amide bonds. The predicted molar refractivity (Wildman–Crippen MR) is 111 cm³/mol. The third-order valence-electron chi connectivity index (χ3n) is 5.35. The number of hydrogen-bond donors (Lipinski definition) is 2. The van der Waals surface area contributed by atoms with Gasteiger partial charge >= 0.3 is 0 Å². The highest BCUT2D eigenvalue weighted by atomic mass is 19.1. The zero-order chi connectivity index (χ0) is 20.0. The van der Waals surface area contributed by atoms with Gasteiger partial charge in [-0.2, -0.15) is 15.1 Å². The molecule has 8 heteroatoms. The first-order chi connectivity index (χ1) is 14.1. The molecule has 7 nitrogen and oxygen atoms in total. The maximum atomic E-state index is 13.3. The minimum absolute atomic E-state index is 0.0524. The average Bonchev–Trinajstić information content (AvgIpc) is 3.14. The monoisotopic (exact) mass is 389 g/mol. The lowest BCUT2D eigenvalue weighted by molar-refractivity contribution is 0.439. The van der Waals surface area contributed by atoms with Crippen LogP contribution in [0.25, 0.3) is 11.0 Å². The van der Waals surface area contributed by atoms with Crippen LogP contribution in [0.15, 0.2) is 54.7 Å². The summed E-state index contributed by atoms with van der Waals surface area (Å²) in [5.74, 6) is 0.234. The van der Waals surface area contributed by atoms with Crippen molar-refractivity contribution in [3.05, 3.63) is 71.7 Å². The number of nitrogen functional groups attached to an aromatic ring is 2. The second-order valence-corrected chi connectivity index (χ2v) is 7.29. The van der Waals surface area contributed by atoms with Crippen LogP contribution < -0.4 is 16.4 Å². The molecule has 0 saturated carbocycles. The number of hydrogen-bond acceptors (Lipinski definition) is 6. The molecule has 0 spiro atoms. The maximum absolute atomic E-state index is 13.3. The van der Waals surface area contributed by atoms with Crippen molar-refractivity contribution in [2.24, 2.45) is 0 Å². The predicted octanol–water partition coefficient (Wildman–Crippen LogP) is 2.93. The van der Waals surface area contributed by atoms with Crippen LogP contribution in [0.4, 0.5) is 21.8 Å². The third kappa shape index (κ3) is 3.12. The molecule has 2 aromatic carbocycles. The molecule has 4 N–H and O–H groups in total. The zero-order valence-electron chi connectivity index (χ0n) is 15.7. The fourth-order valence-corrected chi connectivity index (χ4v) is 4.02. The highest BCUT2D eigenvalue weighted by molar-refractivity contribution is 5.86. The number of para-hydroxylation sites is 1. The molecule has 2 aromatic heterocycles. The molecular formula is C21H20FN7. The van der Waals surface area contributed by atoms with Crippen LogP contribution in [0.1, 0.15) is 17.2 Å². The number of halogens is 1. The standard InChI is InChI=1S/C21H20FN7/c22-15-7-5-13(6-8-15)11-28-12-16(9-14-3-1-2-4-18(14)28)29-20-17(10-25-29)19(23)26-21(24)27-20/h1-8,10,16H,9,11-12H2,(H4,23,24,26,27)/t16-/m1/s1. The molecule has 4 aromatic rings. The van der Waals surface area contributed by atoms with Gasteiger partial charge < -0.3 is 16.4 Å². The van der Waals surface area contributed by atoms with Crippen molar-refractivity contribution in [1.82, 2.24) is 19.7 Å². The number of anilines is 3. The third-order valence-corrected chi connectivity index (χ3v) is 5.35. The van der Waals surface area contributed by atoms with Gasteiger partial charge in [0.2, 0.25) is 5.95 Å². The van der Waals surface area contributed by atoms with E-state index in [1.54, 1.807) is 6.20 Å². The molecule has 5 rings (SSSR count). The molecule has 0 bridgehead atoms. The molecular weight excluding hydrogens is 369 g/mol. The lowest BCUT2D eigenvalue weighted by atomic mass is 9.97. The van der Waals surface area contributed by atoms with E-state index in [0.717, 1.165) is 18.5 Å². The first-order valence-electron chi connectivity index (χ1n) is 9.42. The van der Waals surface area contributed by atoms with Gasteiger partial charge in [-0.1, -0.05) is 30.3 Å². The summed E-state index contributed by atoms with van der Waals surface area (Å²) < 4.78 is 15.2.